The summed E-state index contributed by atoms with van der Waals surface area (Å²) in [7, 11) is 0. The van der Waals surface area contributed by atoms with Gasteiger partial charge in [0.15, 0.2) is 0 Å². The highest BCUT2D eigenvalue weighted by atomic mass is 15.2. The number of rotatable bonds is 0. The van der Waals surface area contributed by atoms with E-state index in [0.717, 1.165) is 0 Å². The van der Waals surface area contributed by atoms with Crippen molar-refractivity contribution < 1.29 is 0 Å². The highest BCUT2D eigenvalue weighted by molar-refractivity contribution is 4.88. The van der Waals surface area contributed by atoms with Crippen LogP contribution in [-0.4, -0.2) is 12.2 Å². The van der Waals surface area contributed by atoms with Gasteiger partial charge < -0.3 is 5.73 Å². The van der Waals surface area contributed by atoms with Crippen LogP contribution in [0.4, 0.5) is 0 Å². The zero-order valence-electron chi connectivity index (χ0n) is 3.23. The minimum absolute atomic E-state index is 0.301. The molecule has 1 aliphatic heterocycles. The van der Waals surface area contributed by atoms with Crippen LogP contribution in [0.5, 0.6) is 0 Å². The molecule has 0 aromatic rings. The first-order valence-electron chi connectivity index (χ1n) is 1.82. The largest absolute Gasteiger partial charge is 0.315 e. The lowest BCUT2D eigenvalue weighted by atomic mass is 10.5. The second-order valence-corrected chi connectivity index (χ2v) is 1.48. The van der Waals surface area contributed by atoms with Crippen molar-refractivity contribution in [3.05, 3.63) is 0 Å². The van der Waals surface area contributed by atoms with Gasteiger partial charge in [0.25, 0.3) is 0 Å². The molecule has 0 aromatic heterocycles. The molecule has 1 heterocycles. The lowest BCUT2D eigenvalue weighted by Crippen LogP contribution is -2.04. The minimum atomic E-state index is 0.301. The van der Waals surface area contributed by atoms with E-state index >= 15 is 0 Å². The van der Waals surface area contributed by atoms with Crippen LogP contribution in [0.1, 0.15) is 6.92 Å². The summed E-state index contributed by atoms with van der Waals surface area (Å²) in [5, 5.41) is 2.97. The predicted octanol–water partition coefficient (Wildman–Crippen LogP) is -0.737. The van der Waals surface area contributed by atoms with Gasteiger partial charge in [0.2, 0.25) is 0 Å². The Labute approximate surface area is 31.4 Å². The number of nitrogens with one attached hydrogen (secondary N) is 1. The smallest absolute Gasteiger partial charge is 0.0705 e. The van der Waals surface area contributed by atoms with E-state index in [4.69, 9.17) is 5.73 Å². The molecule has 3 N–H and O–H groups in total. The monoisotopic (exact) mass is 72.1 g/mol. The van der Waals surface area contributed by atoms with Gasteiger partial charge in [0.05, 0.1) is 6.17 Å². The van der Waals surface area contributed by atoms with Gasteiger partial charge in [-0.05, 0) is 6.92 Å². The maximum atomic E-state index is 5.25. The maximum Gasteiger partial charge on any atom is 0.0705 e. The van der Waals surface area contributed by atoms with Crippen molar-refractivity contribution >= 4 is 0 Å². The predicted molar refractivity (Wildman–Crippen MR) is 20.6 cm³/mol. The van der Waals surface area contributed by atoms with E-state index in [1.807, 2.05) is 0 Å². The lowest BCUT2D eigenvalue weighted by molar-refractivity contribution is 0.994. The van der Waals surface area contributed by atoms with Crippen LogP contribution < -0.4 is 11.1 Å². The van der Waals surface area contributed by atoms with Crippen LogP contribution in [0.25, 0.3) is 0 Å². The quantitative estimate of drug-likeness (QED) is 0.370. The molecule has 2 heteroatoms. The van der Waals surface area contributed by atoms with Gasteiger partial charge >= 0.3 is 0 Å². The SMILES string of the molecule is C[C@@H]1N[C@@H]1N. The third kappa shape index (κ3) is 0.412. The third-order valence-electron chi connectivity index (χ3n) is 0.885. The number of hydrogen-bond donors (Lipinski definition) is 2. The summed E-state index contributed by atoms with van der Waals surface area (Å²) >= 11 is 0. The van der Waals surface area contributed by atoms with Gasteiger partial charge in [-0.15, -0.1) is 0 Å². The Bertz CT molecular complexity index is 38.2. The Kier molecular flexibility index (Phi) is 0.436. The molecule has 0 radical (unpaired) electrons. The molecule has 1 saturated heterocycles. The van der Waals surface area contributed by atoms with E-state index in [0.29, 0.717) is 12.2 Å². The molecule has 2 nitrogen and oxygen atoms in total. The van der Waals surface area contributed by atoms with E-state index in [1.54, 1.807) is 0 Å². The molecular weight excluding hydrogens is 64.0 g/mol. The van der Waals surface area contributed by atoms with Gasteiger partial charge in [0.1, 0.15) is 0 Å². The normalized spacial score (nSPS) is 49.2. The molecule has 0 bridgehead atoms. The first-order valence-corrected chi connectivity index (χ1v) is 1.82. The summed E-state index contributed by atoms with van der Waals surface area (Å²) < 4.78 is 0. The van der Waals surface area contributed by atoms with Gasteiger partial charge in [-0.3, -0.25) is 5.32 Å². The Morgan fingerprint density at radius 2 is 2.00 bits per heavy atom. The second kappa shape index (κ2) is 0.698. The molecule has 2 atom stereocenters. The number of nitrogens with two attached hydrogens (primary N) is 1. The molecule has 0 saturated carbocycles. The summed E-state index contributed by atoms with van der Waals surface area (Å²) in [6.45, 7) is 2.06. The van der Waals surface area contributed by atoms with Crippen molar-refractivity contribution in [1.82, 2.24) is 5.32 Å². The standard InChI is InChI=1S/C3H8N2/c1-2-3(4)5-2/h2-3,5H,4H2,1H3/t2-,3-/m0/s1. The molecule has 0 aromatic carbocycles. The molecule has 1 fully saturated rings. The summed E-state index contributed by atoms with van der Waals surface area (Å²) in [5.41, 5.74) is 5.25. The van der Waals surface area contributed by atoms with Crippen molar-refractivity contribution in [3.8, 4) is 0 Å². The van der Waals surface area contributed by atoms with Gasteiger partial charge in [-0.2, -0.15) is 0 Å². The van der Waals surface area contributed by atoms with Crippen molar-refractivity contribution in [1.29, 1.82) is 0 Å². The summed E-state index contributed by atoms with van der Waals surface area (Å²) in [6, 6.07) is 0.579. The van der Waals surface area contributed by atoms with E-state index in [1.165, 1.54) is 0 Å². The molecule has 0 amide bonds. The Morgan fingerprint density at radius 3 is 2.00 bits per heavy atom. The topological polar surface area (TPSA) is 48.0 Å². The van der Waals surface area contributed by atoms with Gasteiger partial charge in [-0.1, -0.05) is 0 Å². The van der Waals surface area contributed by atoms with Crippen LogP contribution >= 0.6 is 0 Å². The first-order chi connectivity index (χ1) is 2.30. The Balaban J connectivity index is 2.20. The fraction of sp³-hybridized carbons (Fsp3) is 1.00. The van der Waals surface area contributed by atoms with Crippen molar-refractivity contribution in [2.24, 2.45) is 5.73 Å². The molecule has 0 aliphatic carbocycles. The lowest BCUT2D eigenvalue weighted by Gasteiger charge is -1.64. The Morgan fingerprint density at radius 1 is 1.80 bits per heavy atom. The van der Waals surface area contributed by atoms with Crippen molar-refractivity contribution in [2.75, 3.05) is 0 Å². The molecule has 1 rings (SSSR count). The van der Waals surface area contributed by atoms with E-state index in [9.17, 15) is 0 Å². The summed E-state index contributed by atoms with van der Waals surface area (Å²) in [6.07, 6.45) is 0.301. The van der Waals surface area contributed by atoms with Crippen LogP contribution in [-0.2, 0) is 0 Å². The van der Waals surface area contributed by atoms with Gasteiger partial charge in [-0.25, -0.2) is 0 Å². The first kappa shape index (κ1) is 3.12. The highest BCUT2D eigenvalue weighted by Crippen LogP contribution is 1.98. The van der Waals surface area contributed by atoms with Crippen molar-refractivity contribution in [2.45, 2.75) is 19.1 Å². The van der Waals surface area contributed by atoms with E-state index in [2.05, 4.69) is 12.2 Å². The van der Waals surface area contributed by atoms with Crippen LogP contribution in [0.3, 0.4) is 0 Å². The molecule has 1 aliphatic rings. The van der Waals surface area contributed by atoms with Gasteiger partial charge in [0, 0.05) is 6.04 Å². The molecule has 30 valence electrons. The average molecular weight is 72.1 g/mol. The second-order valence-electron chi connectivity index (χ2n) is 1.48. The fourth-order valence-electron chi connectivity index (χ4n) is 0.248. The summed E-state index contributed by atoms with van der Waals surface area (Å²) in [4.78, 5) is 0. The van der Waals surface area contributed by atoms with E-state index < -0.39 is 0 Å². The minimum Gasteiger partial charge on any atom is -0.315 e. The van der Waals surface area contributed by atoms with E-state index in [-0.39, 0.29) is 0 Å². The van der Waals surface area contributed by atoms with Crippen LogP contribution in [0.2, 0.25) is 0 Å². The molecular formula is C3H8N2. The van der Waals surface area contributed by atoms with Crippen LogP contribution in [0, 0.1) is 0 Å². The summed E-state index contributed by atoms with van der Waals surface area (Å²) in [5.74, 6) is 0. The average Bonchev–Trinajstić information content (AvgIpc) is 1.79. The highest BCUT2D eigenvalue weighted by Gasteiger charge is 2.25. The molecule has 0 spiro atoms. The fourth-order valence-corrected chi connectivity index (χ4v) is 0.248. The molecule has 5 heavy (non-hydrogen) atoms. The number of hydrogen-bond acceptors (Lipinski definition) is 2. The zero-order chi connectivity index (χ0) is 3.86. The molecule has 0 unspecified atom stereocenters. The van der Waals surface area contributed by atoms with Crippen molar-refractivity contribution in [3.63, 3.8) is 0 Å². The third-order valence-corrected chi connectivity index (χ3v) is 0.885. The van der Waals surface area contributed by atoms with Crippen LogP contribution in [0.15, 0.2) is 0 Å². The Hall–Kier alpha value is -0.0800. The maximum absolute atomic E-state index is 5.25. The zero-order valence-corrected chi connectivity index (χ0v) is 3.23.